The number of fused-ring (bicyclic) bond motifs is 8. The Morgan fingerprint density at radius 3 is 0.961 bits per heavy atom. The number of nitrogens with one attached hydrogen (secondary N) is 4. The van der Waals surface area contributed by atoms with E-state index in [1.54, 1.807) is 0 Å². The van der Waals surface area contributed by atoms with Crippen molar-refractivity contribution < 1.29 is 36.0 Å². The molecule has 11 rings (SSSR count). The van der Waals surface area contributed by atoms with Crippen LogP contribution in [0.2, 0.25) is 39.3 Å². The van der Waals surface area contributed by atoms with Gasteiger partial charge in [0.05, 0.1) is 61.7 Å². The van der Waals surface area contributed by atoms with Gasteiger partial charge < -0.3 is 31.2 Å². The third-order valence-electron chi connectivity index (χ3n) is 17.1. The van der Waals surface area contributed by atoms with E-state index in [1.807, 2.05) is 60.7 Å². The molecule has 4 fully saturated rings. The quantitative estimate of drug-likeness (QED) is 0.0876. The number of anilines is 4. The van der Waals surface area contributed by atoms with Crippen molar-refractivity contribution in [2.45, 2.75) is 120 Å². The van der Waals surface area contributed by atoms with Crippen molar-refractivity contribution >= 4 is 119 Å². The predicted molar refractivity (Wildman–Crippen MR) is 316 cm³/mol. The van der Waals surface area contributed by atoms with Gasteiger partial charge in [-0.05, 0) is 107 Å². The van der Waals surface area contributed by atoms with Gasteiger partial charge >= 0.3 is 16.8 Å². The van der Waals surface area contributed by atoms with Gasteiger partial charge in [-0.3, -0.25) is 19.2 Å². The molecular formula is C62H72CoN8O4Si2. The van der Waals surface area contributed by atoms with E-state index >= 15 is 0 Å². The molecule has 0 spiro atoms. The molecule has 77 heavy (non-hydrogen) atoms. The summed E-state index contributed by atoms with van der Waals surface area (Å²) in [4.78, 5) is 78.2. The average molecular weight is 1110 g/mol. The van der Waals surface area contributed by atoms with Crippen molar-refractivity contribution in [3.05, 3.63) is 83.4 Å². The minimum Gasteiger partial charge on any atom is -0.657 e. The number of rotatable bonds is 12. The van der Waals surface area contributed by atoms with Crippen molar-refractivity contribution in [1.82, 2.24) is 19.9 Å². The third-order valence-corrected chi connectivity index (χ3v) is 21.2. The van der Waals surface area contributed by atoms with Crippen LogP contribution in [0.5, 0.6) is 0 Å². The number of carbonyl (C=O) groups is 4. The van der Waals surface area contributed by atoms with Crippen LogP contribution in [-0.2, 0) is 36.0 Å². The summed E-state index contributed by atoms with van der Waals surface area (Å²) in [6.45, 7) is 30.6. The molecule has 5 aromatic rings. The fraction of sp³-hybridized carbons (Fsp3) is 0.419. The summed E-state index contributed by atoms with van der Waals surface area (Å²) >= 11 is 0. The summed E-state index contributed by atoms with van der Waals surface area (Å²) in [7, 11) is -4.07. The second kappa shape index (κ2) is 18.5. The zero-order chi connectivity index (χ0) is 54.4. The average Bonchev–Trinajstić information content (AvgIpc) is 4.15. The van der Waals surface area contributed by atoms with Gasteiger partial charge in [-0.2, -0.15) is 0 Å². The maximum Gasteiger partial charge on any atom is 2.00 e. The molecule has 401 valence electrons. The maximum absolute atomic E-state index is 14.2. The Balaban J connectivity index is 0.00000672. The molecule has 2 aliphatic heterocycles. The second-order valence-corrected chi connectivity index (χ2v) is 37.5. The number of nitrogens with zero attached hydrogens (tertiary/aromatic N) is 4. The number of carbonyl (C=O) groups excluding carboxylic acids is 4. The molecule has 5 heterocycles. The number of aromatic nitrogens is 4. The van der Waals surface area contributed by atoms with E-state index in [1.165, 1.54) is 0 Å². The van der Waals surface area contributed by atoms with Crippen LogP contribution in [0.1, 0.15) is 104 Å². The predicted octanol–water partition coefficient (Wildman–Crippen LogP) is 12.3. The van der Waals surface area contributed by atoms with E-state index in [2.05, 4.69) is 140 Å². The molecule has 4 atom stereocenters. The molecule has 4 N–H and O–H groups in total. The van der Waals surface area contributed by atoms with Crippen LogP contribution in [-0.4, -0.2) is 49.7 Å². The Morgan fingerprint density at radius 1 is 0.442 bits per heavy atom. The van der Waals surface area contributed by atoms with Crippen LogP contribution in [0.25, 0.3) is 68.6 Å². The fourth-order valence-corrected chi connectivity index (χ4v) is 13.4. The van der Waals surface area contributed by atoms with Crippen LogP contribution < -0.4 is 41.6 Å². The molecule has 4 amide bonds. The van der Waals surface area contributed by atoms with Crippen LogP contribution >= 0.6 is 0 Å². The molecule has 15 heteroatoms. The van der Waals surface area contributed by atoms with Gasteiger partial charge in [0.25, 0.3) is 0 Å². The van der Waals surface area contributed by atoms with E-state index in [0.29, 0.717) is 89.8 Å². The van der Waals surface area contributed by atoms with Crippen molar-refractivity contribution in [2.24, 2.45) is 45.3 Å². The molecule has 0 unspecified atom stereocenters. The number of hydrogen-bond donors (Lipinski definition) is 4. The molecule has 2 aromatic carbocycles. The molecule has 4 saturated carbocycles. The van der Waals surface area contributed by atoms with Crippen molar-refractivity contribution in [2.75, 3.05) is 21.3 Å². The molecule has 1 radical (unpaired) electrons. The molecular weight excluding hydrogens is 1040 g/mol. The standard InChI is InChI=1S/C62H74N8O4Si2.Co/c1-59(2)29-39(59)55(71)67-47-25-37(75(9,10)11)26-48(68-56(72)40-30-60(40,3)4)53(47)51-43-19-15-33(63-43)23-35-17-21-45(65-35)52(46-22-18-36(66-46)24-34-16-20-44(51)64-34)54-49(69-57(73)41-31-61(41,5)6)27-38(76(12,13)14)28-50(54)70-58(74)42-32-62(42,7)8;/h15-28,39-42H,29-32H2,1-14H3,(H6,63,64,65,66,67,68,69,70,71,72,73,74);/q;+2/p-2/t39-,40+,41-,42+;. The summed E-state index contributed by atoms with van der Waals surface area (Å²) in [5, 5.41) is 15.7. The first-order chi connectivity index (χ1) is 35.5. The zero-order valence-corrected chi connectivity index (χ0v) is 50.0. The Labute approximate surface area is 465 Å². The van der Waals surface area contributed by atoms with Crippen LogP contribution in [0.15, 0.2) is 60.7 Å². The smallest absolute Gasteiger partial charge is 0.657 e. The van der Waals surface area contributed by atoms with Crippen LogP contribution in [0.4, 0.5) is 22.7 Å². The first-order valence-electron chi connectivity index (χ1n) is 27.1. The van der Waals surface area contributed by atoms with Gasteiger partial charge in [-0.1, -0.05) is 141 Å². The van der Waals surface area contributed by atoms with E-state index in [0.717, 1.165) is 36.1 Å². The van der Waals surface area contributed by atoms with Gasteiger partial charge in [-0.15, -0.1) is 22.1 Å². The maximum atomic E-state index is 14.2. The molecule has 8 bridgehead atoms. The monoisotopic (exact) mass is 1110 g/mol. The minimum absolute atomic E-state index is 0. The third kappa shape index (κ3) is 10.6. The molecule has 6 aliphatic rings. The Bertz CT molecular complexity index is 3260. The summed E-state index contributed by atoms with van der Waals surface area (Å²) in [6, 6.07) is 20.1. The Kier molecular flexibility index (Phi) is 13.0. The van der Waals surface area contributed by atoms with Gasteiger partial charge in [0.15, 0.2) is 0 Å². The van der Waals surface area contributed by atoms with E-state index in [-0.39, 0.29) is 85.7 Å². The van der Waals surface area contributed by atoms with E-state index in [4.69, 9.17) is 19.9 Å². The first-order valence-corrected chi connectivity index (χ1v) is 34.1. The number of amides is 4. The van der Waals surface area contributed by atoms with Crippen molar-refractivity contribution in [3.63, 3.8) is 0 Å². The topological polar surface area (TPSA) is 170 Å². The summed E-state index contributed by atoms with van der Waals surface area (Å²) in [5.41, 5.74) is 9.68. The normalized spacial score (nSPS) is 21.6. The van der Waals surface area contributed by atoms with Gasteiger partial charge in [0.1, 0.15) is 0 Å². The minimum atomic E-state index is -2.04. The molecule has 0 saturated heterocycles. The Morgan fingerprint density at radius 2 is 0.714 bits per heavy atom. The van der Waals surface area contributed by atoms with Gasteiger partial charge in [0, 0.05) is 34.8 Å². The molecule has 3 aromatic heterocycles. The van der Waals surface area contributed by atoms with Gasteiger partial charge in [-0.25, -0.2) is 9.97 Å². The zero-order valence-electron chi connectivity index (χ0n) is 47.0. The summed E-state index contributed by atoms with van der Waals surface area (Å²) in [5.74, 6) is -0.792. The van der Waals surface area contributed by atoms with E-state index in [9.17, 15) is 19.2 Å². The first kappa shape index (κ1) is 54.2. The van der Waals surface area contributed by atoms with Gasteiger partial charge in [0.2, 0.25) is 23.6 Å². The second-order valence-electron chi connectivity index (χ2n) is 27.4. The molecule has 4 aliphatic carbocycles. The van der Waals surface area contributed by atoms with Crippen molar-refractivity contribution in [1.29, 1.82) is 0 Å². The van der Waals surface area contributed by atoms with Crippen LogP contribution in [0, 0.1) is 45.3 Å². The van der Waals surface area contributed by atoms with Crippen molar-refractivity contribution in [3.8, 4) is 22.3 Å². The fourth-order valence-electron chi connectivity index (χ4n) is 11.1. The van der Waals surface area contributed by atoms with Crippen LogP contribution in [0.3, 0.4) is 0 Å². The number of hydrogen-bond acceptors (Lipinski definition) is 6. The summed E-state index contributed by atoms with van der Waals surface area (Å²) < 4.78 is 0. The SMILES string of the molecule is CC1(C)C[C@@H]1C(=O)Nc1cc([Si](C)(C)C)cc(NC(=O)[C@@H]2CC2(C)C)c1-c1c2nc(cc3ccc([n-]3)c(-c3c(NC(=O)[C@H]4CC4(C)C)cc([Si](C)(C)C)cc3NC(=O)[C@@H]3CC3(C)C)c3nc(cc4ccc1[n-]4)C=C3)C=C2.[Co+2]. The molecule has 12 nitrogen and oxygen atoms in total. The van der Waals surface area contributed by atoms with E-state index < -0.39 is 16.1 Å². The number of benzene rings is 2. The summed E-state index contributed by atoms with van der Waals surface area (Å²) in [6.07, 6.45) is 11.0. The largest absolute Gasteiger partial charge is 2.00 e. The Hall–Kier alpha value is -6.14.